The van der Waals surface area contributed by atoms with E-state index in [0.717, 1.165) is 12.1 Å². The zero-order valence-electron chi connectivity index (χ0n) is 17.3. The van der Waals surface area contributed by atoms with Gasteiger partial charge in [0.2, 0.25) is 10.0 Å². The number of nitrogens with zero attached hydrogens (tertiary/aromatic N) is 1. The number of para-hydroxylation sites is 1. The first-order valence-electron chi connectivity index (χ1n) is 10.1. The molecule has 0 saturated heterocycles. The van der Waals surface area contributed by atoms with Crippen LogP contribution in [0.2, 0.25) is 0 Å². The molecule has 0 aliphatic rings. The SMILES string of the molecule is Cc1ccc(S(=O)(=O)NCCc2c(C)n(Cc3ccccc3)c3ccccc23)cc1. The predicted molar refractivity (Wildman–Crippen MR) is 122 cm³/mol. The van der Waals surface area contributed by atoms with Crippen molar-refractivity contribution in [2.45, 2.75) is 31.7 Å². The van der Waals surface area contributed by atoms with Crippen LogP contribution >= 0.6 is 0 Å². The summed E-state index contributed by atoms with van der Waals surface area (Å²) in [6.45, 7) is 5.21. The Morgan fingerprint density at radius 1 is 0.833 bits per heavy atom. The van der Waals surface area contributed by atoms with E-state index in [-0.39, 0.29) is 0 Å². The second-order valence-corrected chi connectivity index (χ2v) is 9.38. The Hall–Kier alpha value is -2.89. The summed E-state index contributed by atoms with van der Waals surface area (Å²) >= 11 is 0. The Balaban J connectivity index is 1.57. The molecular formula is C25H26N2O2S. The van der Waals surface area contributed by atoms with E-state index in [2.05, 4.69) is 52.6 Å². The average molecular weight is 419 g/mol. The van der Waals surface area contributed by atoms with Crippen molar-refractivity contribution in [3.8, 4) is 0 Å². The molecule has 0 unspecified atom stereocenters. The number of hydrogen-bond acceptors (Lipinski definition) is 2. The largest absolute Gasteiger partial charge is 0.340 e. The minimum atomic E-state index is -3.51. The zero-order valence-corrected chi connectivity index (χ0v) is 18.1. The molecule has 1 aromatic heterocycles. The fourth-order valence-electron chi connectivity index (χ4n) is 3.90. The van der Waals surface area contributed by atoms with Gasteiger partial charge in [0.15, 0.2) is 0 Å². The van der Waals surface area contributed by atoms with Crippen LogP contribution in [0.25, 0.3) is 10.9 Å². The Morgan fingerprint density at radius 3 is 2.23 bits per heavy atom. The second kappa shape index (κ2) is 8.46. The third-order valence-electron chi connectivity index (χ3n) is 5.54. The normalized spacial score (nSPS) is 11.8. The Bertz CT molecular complexity index is 1260. The average Bonchev–Trinajstić information content (AvgIpc) is 3.01. The molecule has 0 aliphatic carbocycles. The van der Waals surface area contributed by atoms with Gasteiger partial charge in [-0.05, 0) is 49.6 Å². The number of aromatic nitrogens is 1. The summed E-state index contributed by atoms with van der Waals surface area (Å²) in [4.78, 5) is 0.302. The fraction of sp³-hybridized carbons (Fsp3) is 0.200. The second-order valence-electron chi connectivity index (χ2n) is 7.61. The number of sulfonamides is 1. The van der Waals surface area contributed by atoms with E-state index < -0.39 is 10.0 Å². The lowest BCUT2D eigenvalue weighted by Gasteiger charge is -2.10. The third kappa shape index (κ3) is 4.18. The summed E-state index contributed by atoms with van der Waals surface area (Å²) < 4.78 is 30.3. The van der Waals surface area contributed by atoms with E-state index >= 15 is 0 Å². The molecule has 0 aliphatic heterocycles. The molecule has 0 radical (unpaired) electrons. The van der Waals surface area contributed by atoms with Crippen molar-refractivity contribution >= 4 is 20.9 Å². The highest BCUT2D eigenvalue weighted by atomic mass is 32.2. The topological polar surface area (TPSA) is 51.1 Å². The Labute approximate surface area is 178 Å². The molecule has 0 saturated carbocycles. The molecule has 5 heteroatoms. The van der Waals surface area contributed by atoms with Gasteiger partial charge in [-0.1, -0.05) is 66.2 Å². The fourth-order valence-corrected chi connectivity index (χ4v) is 4.93. The van der Waals surface area contributed by atoms with E-state index in [9.17, 15) is 8.42 Å². The van der Waals surface area contributed by atoms with Crippen molar-refractivity contribution in [1.82, 2.24) is 9.29 Å². The van der Waals surface area contributed by atoms with Crippen molar-refractivity contribution in [3.05, 3.63) is 101 Å². The van der Waals surface area contributed by atoms with Gasteiger partial charge in [0.25, 0.3) is 0 Å². The van der Waals surface area contributed by atoms with Gasteiger partial charge in [-0.2, -0.15) is 0 Å². The van der Waals surface area contributed by atoms with E-state index in [0.29, 0.717) is 17.9 Å². The maximum atomic E-state index is 12.6. The molecule has 3 aromatic carbocycles. The van der Waals surface area contributed by atoms with Crippen LogP contribution in [0.4, 0.5) is 0 Å². The molecule has 0 fully saturated rings. The van der Waals surface area contributed by atoms with Gasteiger partial charge in [-0.3, -0.25) is 0 Å². The molecule has 154 valence electrons. The van der Waals surface area contributed by atoms with Gasteiger partial charge < -0.3 is 4.57 Å². The van der Waals surface area contributed by atoms with Crippen molar-refractivity contribution in [2.75, 3.05) is 6.54 Å². The van der Waals surface area contributed by atoms with Crippen LogP contribution < -0.4 is 4.72 Å². The van der Waals surface area contributed by atoms with E-state index in [4.69, 9.17) is 0 Å². The lowest BCUT2D eigenvalue weighted by molar-refractivity contribution is 0.581. The molecular weight excluding hydrogens is 392 g/mol. The summed E-state index contributed by atoms with van der Waals surface area (Å²) in [5, 5.41) is 1.18. The first kappa shape index (κ1) is 20.4. The van der Waals surface area contributed by atoms with Gasteiger partial charge in [0, 0.05) is 29.7 Å². The van der Waals surface area contributed by atoms with Crippen LogP contribution in [0.15, 0.2) is 83.8 Å². The van der Waals surface area contributed by atoms with Gasteiger partial charge in [0.05, 0.1) is 4.90 Å². The van der Waals surface area contributed by atoms with E-state index in [1.165, 1.54) is 27.7 Å². The Kier molecular flexibility index (Phi) is 5.75. The van der Waals surface area contributed by atoms with Crippen LogP contribution in [0.3, 0.4) is 0 Å². The van der Waals surface area contributed by atoms with Crippen LogP contribution in [-0.2, 0) is 23.0 Å². The van der Waals surface area contributed by atoms with Gasteiger partial charge in [0.1, 0.15) is 0 Å². The van der Waals surface area contributed by atoms with E-state index in [1.807, 2.05) is 37.3 Å². The van der Waals surface area contributed by atoms with Gasteiger partial charge >= 0.3 is 0 Å². The van der Waals surface area contributed by atoms with Crippen molar-refractivity contribution in [3.63, 3.8) is 0 Å². The van der Waals surface area contributed by atoms with Crippen molar-refractivity contribution in [2.24, 2.45) is 0 Å². The quantitative estimate of drug-likeness (QED) is 0.467. The summed E-state index contributed by atoms with van der Waals surface area (Å²) in [5.74, 6) is 0. The molecule has 0 atom stereocenters. The maximum Gasteiger partial charge on any atom is 0.240 e. The van der Waals surface area contributed by atoms with Crippen molar-refractivity contribution < 1.29 is 8.42 Å². The van der Waals surface area contributed by atoms with Crippen LogP contribution in [0, 0.1) is 13.8 Å². The highest BCUT2D eigenvalue weighted by Crippen LogP contribution is 2.27. The number of fused-ring (bicyclic) bond motifs is 1. The highest BCUT2D eigenvalue weighted by Gasteiger charge is 2.16. The Morgan fingerprint density at radius 2 is 1.50 bits per heavy atom. The smallest absolute Gasteiger partial charge is 0.240 e. The third-order valence-corrected chi connectivity index (χ3v) is 7.02. The van der Waals surface area contributed by atoms with Gasteiger partial charge in [-0.15, -0.1) is 0 Å². The summed E-state index contributed by atoms with van der Waals surface area (Å²) in [7, 11) is -3.51. The monoisotopic (exact) mass is 418 g/mol. The molecule has 4 aromatic rings. The number of benzene rings is 3. The lowest BCUT2D eigenvalue weighted by Crippen LogP contribution is -2.26. The molecule has 30 heavy (non-hydrogen) atoms. The zero-order chi connectivity index (χ0) is 21.1. The molecule has 0 bridgehead atoms. The number of aryl methyl sites for hydroxylation is 1. The number of hydrogen-bond donors (Lipinski definition) is 1. The first-order chi connectivity index (χ1) is 14.5. The van der Waals surface area contributed by atoms with Gasteiger partial charge in [-0.25, -0.2) is 13.1 Å². The molecule has 4 nitrogen and oxygen atoms in total. The number of nitrogens with one attached hydrogen (secondary N) is 1. The van der Waals surface area contributed by atoms with Crippen LogP contribution in [0.5, 0.6) is 0 Å². The van der Waals surface area contributed by atoms with E-state index in [1.54, 1.807) is 12.1 Å². The molecule has 4 rings (SSSR count). The summed E-state index contributed by atoms with van der Waals surface area (Å²) in [6, 6.07) is 25.6. The first-order valence-corrected chi connectivity index (χ1v) is 11.6. The molecule has 1 heterocycles. The van der Waals surface area contributed by atoms with Crippen LogP contribution in [0.1, 0.15) is 22.4 Å². The predicted octanol–water partition coefficient (Wildman–Crippen LogP) is 4.83. The molecule has 1 N–H and O–H groups in total. The lowest BCUT2D eigenvalue weighted by atomic mass is 10.1. The summed E-state index contributed by atoms with van der Waals surface area (Å²) in [5.41, 5.74) is 5.82. The molecule has 0 amide bonds. The minimum absolute atomic E-state index is 0.302. The molecule has 0 spiro atoms. The van der Waals surface area contributed by atoms with Crippen LogP contribution in [-0.4, -0.2) is 19.5 Å². The number of rotatable bonds is 7. The highest BCUT2D eigenvalue weighted by molar-refractivity contribution is 7.89. The maximum absolute atomic E-state index is 12.6. The van der Waals surface area contributed by atoms with Crippen molar-refractivity contribution in [1.29, 1.82) is 0 Å². The summed E-state index contributed by atoms with van der Waals surface area (Å²) in [6.07, 6.45) is 0.638. The standard InChI is InChI=1S/C25H26N2O2S/c1-19-12-14-22(15-13-19)30(28,29)26-17-16-23-20(2)27(18-21-8-4-3-5-9-21)25-11-7-6-10-24(23)25/h3-15,26H,16-18H2,1-2H3. The minimum Gasteiger partial charge on any atom is -0.340 e.